The van der Waals surface area contributed by atoms with Crippen LogP contribution in [0.4, 0.5) is 10.1 Å². The summed E-state index contributed by atoms with van der Waals surface area (Å²) in [4.78, 5) is 1.54. The smallest absolute Gasteiger partial charge is 0.246 e. The molecule has 0 radical (unpaired) electrons. The quantitative estimate of drug-likeness (QED) is 0.610. The number of likely N-dealkylation sites (N-methyl/N-ethyl adjacent to an activating group) is 1. The van der Waals surface area contributed by atoms with Crippen molar-refractivity contribution in [1.29, 1.82) is 0 Å². The van der Waals surface area contributed by atoms with Crippen molar-refractivity contribution in [1.82, 2.24) is 9.21 Å². The molecule has 1 aliphatic rings. The molecule has 0 amide bonds. The zero-order valence-corrected chi connectivity index (χ0v) is 14.8. The lowest BCUT2D eigenvalue weighted by atomic mass is 10.2. The van der Waals surface area contributed by atoms with Crippen molar-refractivity contribution in [3.05, 3.63) is 21.4 Å². The first-order chi connectivity index (χ1) is 9.66. The molecular formula is C12H16BrClFN3O2S. The summed E-state index contributed by atoms with van der Waals surface area (Å²) in [5, 5.41) is 0.0641. The first kappa shape index (κ1) is 17.0. The van der Waals surface area contributed by atoms with E-state index in [9.17, 15) is 12.8 Å². The normalized spacial score (nSPS) is 21.7. The zero-order chi connectivity index (χ0) is 15.9. The zero-order valence-electron chi connectivity index (χ0n) is 11.6. The topological polar surface area (TPSA) is 66.6 Å². The summed E-state index contributed by atoms with van der Waals surface area (Å²) >= 11 is 8.95. The van der Waals surface area contributed by atoms with Crippen LogP contribution in [0.15, 0.2) is 15.4 Å². The number of rotatable bonds is 2. The maximum absolute atomic E-state index is 14.3. The van der Waals surface area contributed by atoms with E-state index in [-0.39, 0.29) is 21.2 Å². The van der Waals surface area contributed by atoms with Crippen LogP contribution in [0, 0.1) is 5.82 Å². The second kappa shape index (κ2) is 6.00. The standard InChI is InChI=1S/C12H16BrClFN3O2S/c1-7-6-17(2)3-4-18(7)21(19,20)9-5-8(14)10(13)12(16)11(9)15/h5,7H,3-4,6,16H2,1-2H3. The summed E-state index contributed by atoms with van der Waals surface area (Å²) < 4.78 is 41.1. The van der Waals surface area contributed by atoms with Crippen molar-refractivity contribution in [3.8, 4) is 0 Å². The van der Waals surface area contributed by atoms with Gasteiger partial charge in [-0.1, -0.05) is 11.6 Å². The fourth-order valence-corrected chi connectivity index (χ4v) is 4.68. The molecular weight excluding hydrogens is 385 g/mol. The van der Waals surface area contributed by atoms with Crippen LogP contribution in [0.5, 0.6) is 0 Å². The van der Waals surface area contributed by atoms with E-state index in [1.54, 1.807) is 6.92 Å². The van der Waals surface area contributed by atoms with E-state index in [0.717, 1.165) is 6.07 Å². The Kier molecular flexibility index (Phi) is 4.84. The van der Waals surface area contributed by atoms with Gasteiger partial charge in [-0.3, -0.25) is 0 Å². The van der Waals surface area contributed by atoms with Gasteiger partial charge in [0.25, 0.3) is 0 Å². The van der Waals surface area contributed by atoms with Gasteiger partial charge in [0.15, 0.2) is 5.82 Å². The molecule has 0 bridgehead atoms. The Morgan fingerprint density at radius 3 is 2.67 bits per heavy atom. The average molecular weight is 401 g/mol. The summed E-state index contributed by atoms with van der Waals surface area (Å²) in [7, 11) is -2.07. The van der Waals surface area contributed by atoms with Crippen molar-refractivity contribution < 1.29 is 12.8 Å². The fourth-order valence-electron chi connectivity index (χ4n) is 2.39. The molecule has 2 N–H and O–H groups in total. The second-order valence-corrected chi connectivity index (χ2v) is 8.18. The van der Waals surface area contributed by atoms with Crippen LogP contribution < -0.4 is 5.73 Å². The lowest BCUT2D eigenvalue weighted by molar-refractivity contribution is 0.170. The Labute approximate surface area is 137 Å². The molecule has 2 rings (SSSR count). The van der Waals surface area contributed by atoms with Crippen LogP contribution in [-0.2, 0) is 10.0 Å². The number of hydrogen-bond donors (Lipinski definition) is 1. The van der Waals surface area contributed by atoms with Crippen LogP contribution in [0.2, 0.25) is 5.02 Å². The maximum Gasteiger partial charge on any atom is 0.246 e. The van der Waals surface area contributed by atoms with E-state index in [0.29, 0.717) is 19.6 Å². The van der Waals surface area contributed by atoms with Crippen LogP contribution in [0.3, 0.4) is 0 Å². The molecule has 5 nitrogen and oxygen atoms in total. The van der Waals surface area contributed by atoms with Gasteiger partial charge in [-0.15, -0.1) is 0 Å². The third kappa shape index (κ3) is 3.05. The average Bonchev–Trinajstić information content (AvgIpc) is 2.39. The third-order valence-corrected chi connectivity index (χ3v) is 6.91. The van der Waals surface area contributed by atoms with Gasteiger partial charge in [-0.05, 0) is 36.0 Å². The number of nitrogens with two attached hydrogens (primary N) is 1. The Bertz CT molecular complexity index is 671. The number of nitrogens with zero attached hydrogens (tertiary/aromatic N) is 2. The monoisotopic (exact) mass is 399 g/mol. The van der Waals surface area contributed by atoms with E-state index >= 15 is 0 Å². The summed E-state index contributed by atoms with van der Waals surface area (Å²) in [6.07, 6.45) is 0. The largest absolute Gasteiger partial charge is 0.395 e. The number of piperazine rings is 1. The lowest BCUT2D eigenvalue weighted by Gasteiger charge is -2.37. The van der Waals surface area contributed by atoms with Crippen molar-refractivity contribution in [2.24, 2.45) is 0 Å². The van der Waals surface area contributed by atoms with Crippen LogP contribution in [0.25, 0.3) is 0 Å². The molecule has 1 saturated heterocycles. The molecule has 0 aliphatic carbocycles. The van der Waals surface area contributed by atoms with Crippen LogP contribution in [0.1, 0.15) is 6.92 Å². The first-order valence-electron chi connectivity index (χ1n) is 6.29. The third-order valence-electron chi connectivity index (χ3n) is 3.51. The number of sulfonamides is 1. The molecule has 1 aromatic rings. The fraction of sp³-hybridized carbons (Fsp3) is 0.500. The molecule has 0 spiro atoms. The molecule has 118 valence electrons. The van der Waals surface area contributed by atoms with Gasteiger partial charge in [-0.2, -0.15) is 4.31 Å². The molecule has 1 heterocycles. The molecule has 1 unspecified atom stereocenters. The van der Waals surface area contributed by atoms with E-state index in [1.807, 2.05) is 11.9 Å². The second-order valence-electron chi connectivity index (χ2n) is 5.13. The van der Waals surface area contributed by atoms with Gasteiger partial charge in [-0.25, -0.2) is 12.8 Å². The minimum Gasteiger partial charge on any atom is -0.395 e. The molecule has 21 heavy (non-hydrogen) atoms. The van der Waals surface area contributed by atoms with Gasteiger partial charge in [0.1, 0.15) is 4.90 Å². The van der Waals surface area contributed by atoms with E-state index in [4.69, 9.17) is 17.3 Å². The molecule has 1 fully saturated rings. The summed E-state index contributed by atoms with van der Waals surface area (Å²) in [6, 6.07) is 0.842. The number of anilines is 1. The number of hydrogen-bond acceptors (Lipinski definition) is 4. The van der Waals surface area contributed by atoms with E-state index < -0.39 is 20.7 Å². The van der Waals surface area contributed by atoms with Crippen molar-refractivity contribution in [2.45, 2.75) is 17.9 Å². The minimum atomic E-state index is -3.98. The molecule has 0 aromatic heterocycles. The van der Waals surface area contributed by atoms with Crippen LogP contribution >= 0.6 is 27.5 Å². The van der Waals surface area contributed by atoms with Crippen LogP contribution in [-0.4, -0.2) is 50.3 Å². The Morgan fingerprint density at radius 1 is 1.48 bits per heavy atom. The predicted molar refractivity (Wildman–Crippen MR) is 84.4 cm³/mol. The molecule has 9 heteroatoms. The lowest BCUT2D eigenvalue weighted by Crippen LogP contribution is -2.52. The van der Waals surface area contributed by atoms with E-state index in [1.165, 1.54) is 4.31 Å². The highest BCUT2D eigenvalue weighted by atomic mass is 79.9. The molecule has 1 atom stereocenters. The Hall–Kier alpha value is -0.410. The highest BCUT2D eigenvalue weighted by Gasteiger charge is 2.35. The molecule has 0 saturated carbocycles. The minimum absolute atomic E-state index is 0.0641. The number of halogens is 3. The summed E-state index contributed by atoms with van der Waals surface area (Å²) in [6.45, 7) is 3.26. The first-order valence-corrected chi connectivity index (χ1v) is 8.90. The van der Waals surface area contributed by atoms with E-state index in [2.05, 4.69) is 15.9 Å². The predicted octanol–water partition coefficient (Wildman–Crippen LogP) is 2.15. The maximum atomic E-state index is 14.3. The summed E-state index contributed by atoms with van der Waals surface area (Å²) in [5.41, 5.74) is 5.27. The Balaban J connectivity index is 2.50. The van der Waals surface area contributed by atoms with Gasteiger partial charge in [0.2, 0.25) is 10.0 Å². The van der Waals surface area contributed by atoms with Gasteiger partial charge in [0.05, 0.1) is 15.2 Å². The van der Waals surface area contributed by atoms with Crippen molar-refractivity contribution in [3.63, 3.8) is 0 Å². The summed E-state index contributed by atoms with van der Waals surface area (Å²) in [5.74, 6) is -0.975. The van der Waals surface area contributed by atoms with Crippen molar-refractivity contribution in [2.75, 3.05) is 32.4 Å². The van der Waals surface area contributed by atoms with Gasteiger partial charge in [0, 0.05) is 25.7 Å². The van der Waals surface area contributed by atoms with Crippen molar-refractivity contribution >= 4 is 43.2 Å². The number of benzene rings is 1. The molecule has 1 aromatic carbocycles. The number of nitrogen functional groups attached to an aromatic ring is 1. The SMILES string of the molecule is CC1CN(C)CCN1S(=O)(=O)c1cc(Cl)c(Br)c(N)c1F. The molecule has 1 aliphatic heterocycles. The van der Waals surface area contributed by atoms with Gasteiger partial charge >= 0.3 is 0 Å². The highest BCUT2D eigenvalue weighted by Crippen LogP contribution is 2.36. The highest BCUT2D eigenvalue weighted by molar-refractivity contribution is 9.10. The van der Waals surface area contributed by atoms with Gasteiger partial charge < -0.3 is 10.6 Å². The Morgan fingerprint density at radius 2 is 2.10 bits per heavy atom.